The van der Waals surface area contributed by atoms with Gasteiger partial charge in [-0.15, -0.1) is 0 Å². The molecule has 0 atom stereocenters. The van der Waals surface area contributed by atoms with Gasteiger partial charge >= 0.3 is 0 Å². The molecular weight excluding hydrogens is 168 g/mol. The number of hydrogen-bond donors (Lipinski definition) is 0. The van der Waals surface area contributed by atoms with Crippen LogP contribution in [-0.4, -0.2) is 47.3 Å². The third-order valence-electron chi connectivity index (χ3n) is 2.20. The van der Waals surface area contributed by atoms with E-state index in [0.717, 1.165) is 0 Å². The Morgan fingerprint density at radius 1 is 1.08 bits per heavy atom. The highest BCUT2D eigenvalue weighted by atomic mass is 16.2. The number of carbonyl (C=O) groups is 2. The molecule has 4 nitrogen and oxygen atoms in total. The van der Waals surface area contributed by atoms with E-state index in [1.807, 2.05) is 20.8 Å². The predicted octanol–water partition coefficient (Wildman–Crippen LogP) is 0.0855. The molecule has 0 aromatic rings. The number of piperazine rings is 1. The smallest absolute Gasteiger partial charge is 0.243 e. The number of hydrogen-bond acceptors (Lipinski definition) is 2. The highest BCUT2D eigenvalue weighted by molar-refractivity contribution is 5.92. The summed E-state index contributed by atoms with van der Waals surface area (Å²) in [5, 5.41) is 0. The van der Waals surface area contributed by atoms with Gasteiger partial charge in [-0.1, -0.05) is 0 Å². The monoisotopic (exact) mass is 184 g/mol. The van der Waals surface area contributed by atoms with Crippen LogP contribution in [-0.2, 0) is 9.59 Å². The van der Waals surface area contributed by atoms with E-state index >= 15 is 0 Å². The second kappa shape index (κ2) is 3.01. The van der Waals surface area contributed by atoms with E-state index in [1.165, 1.54) is 4.90 Å². The fraction of sp³-hybridized carbons (Fsp3) is 0.778. The van der Waals surface area contributed by atoms with E-state index < -0.39 is 0 Å². The number of rotatable bonds is 0. The second-order valence-electron chi connectivity index (χ2n) is 4.40. The van der Waals surface area contributed by atoms with Crippen LogP contribution in [0.1, 0.15) is 20.8 Å². The Labute approximate surface area is 78.5 Å². The molecule has 1 fully saturated rings. The van der Waals surface area contributed by atoms with E-state index in [1.54, 1.807) is 11.9 Å². The first-order valence-electron chi connectivity index (χ1n) is 4.37. The minimum Gasteiger partial charge on any atom is -0.335 e. The molecule has 2 amide bonds. The zero-order chi connectivity index (χ0) is 10.2. The first-order chi connectivity index (χ1) is 5.82. The van der Waals surface area contributed by atoms with Gasteiger partial charge < -0.3 is 9.80 Å². The highest BCUT2D eigenvalue weighted by Gasteiger charge is 2.34. The molecular formula is C9H16N2O2. The van der Waals surface area contributed by atoms with Crippen LogP contribution < -0.4 is 0 Å². The lowest BCUT2D eigenvalue weighted by molar-refractivity contribution is -0.153. The van der Waals surface area contributed by atoms with Crippen LogP contribution in [0.5, 0.6) is 0 Å². The third-order valence-corrected chi connectivity index (χ3v) is 2.20. The molecule has 1 saturated heterocycles. The summed E-state index contributed by atoms with van der Waals surface area (Å²) >= 11 is 0. The zero-order valence-electron chi connectivity index (χ0n) is 8.63. The molecule has 0 radical (unpaired) electrons. The maximum Gasteiger partial charge on any atom is 0.243 e. The standard InChI is InChI=1S/C9H16N2O2/c1-9(2,3)11-6-7(12)10(4)5-8(11)13/h5-6H2,1-4H3. The third kappa shape index (κ3) is 1.99. The molecule has 74 valence electrons. The van der Waals surface area contributed by atoms with Gasteiger partial charge in [0.25, 0.3) is 0 Å². The zero-order valence-corrected chi connectivity index (χ0v) is 8.63. The molecule has 1 rings (SSSR count). The molecule has 0 unspecified atom stereocenters. The summed E-state index contributed by atoms with van der Waals surface area (Å²) in [6.07, 6.45) is 0. The Hall–Kier alpha value is -1.06. The molecule has 4 heteroatoms. The van der Waals surface area contributed by atoms with E-state index in [0.29, 0.717) is 0 Å². The Morgan fingerprint density at radius 3 is 2.08 bits per heavy atom. The molecule has 0 saturated carbocycles. The summed E-state index contributed by atoms with van der Waals surface area (Å²) in [5.74, 6) is 0.0316. The maximum atomic E-state index is 11.5. The Morgan fingerprint density at radius 2 is 1.62 bits per heavy atom. The van der Waals surface area contributed by atoms with Gasteiger partial charge in [0.05, 0.1) is 6.54 Å². The van der Waals surface area contributed by atoms with Crippen molar-refractivity contribution < 1.29 is 9.59 Å². The molecule has 13 heavy (non-hydrogen) atoms. The molecule has 0 aromatic carbocycles. The van der Waals surface area contributed by atoms with Crippen LogP contribution >= 0.6 is 0 Å². The molecule has 1 aliphatic rings. The number of carbonyl (C=O) groups excluding carboxylic acids is 2. The highest BCUT2D eigenvalue weighted by Crippen LogP contribution is 2.16. The maximum absolute atomic E-state index is 11.5. The van der Waals surface area contributed by atoms with Gasteiger partial charge in [-0.3, -0.25) is 9.59 Å². The SMILES string of the molecule is CN1CC(=O)N(C(C)(C)C)CC1=O. The van der Waals surface area contributed by atoms with E-state index in [2.05, 4.69) is 0 Å². The number of amides is 2. The van der Waals surface area contributed by atoms with Crippen molar-refractivity contribution in [1.82, 2.24) is 9.80 Å². The summed E-state index contributed by atoms with van der Waals surface area (Å²) in [7, 11) is 1.65. The van der Waals surface area contributed by atoms with Crippen molar-refractivity contribution in [2.24, 2.45) is 0 Å². The fourth-order valence-corrected chi connectivity index (χ4v) is 1.33. The van der Waals surface area contributed by atoms with Gasteiger partial charge in [-0.2, -0.15) is 0 Å². The summed E-state index contributed by atoms with van der Waals surface area (Å²) < 4.78 is 0. The Balaban J connectivity index is 2.79. The van der Waals surface area contributed by atoms with Crippen LogP contribution in [0.25, 0.3) is 0 Å². The molecule has 0 aromatic heterocycles. The van der Waals surface area contributed by atoms with Gasteiger partial charge in [-0.05, 0) is 20.8 Å². The first-order valence-corrected chi connectivity index (χ1v) is 4.37. The first kappa shape index (κ1) is 10.0. The Bertz CT molecular complexity index is 242. The molecule has 1 aliphatic heterocycles. The summed E-state index contributed by atoms with van der Waals surface area (Å²) in [6, 6.07) is 0. The lowest BCUT2D eigenvalue weighted by Gasteiger charge is -2.40. The summed E-state index contributed by atoms with van der Waals surface area (Å²) in [6.45, 7) is 6.21. The van der Waals surface area contributed by atoms with Crippen LogP contribution in [0.15, 0.2) is 0 Å². The number of nitrogens with zero attached hydrogens (tertiary/aromatic N) is 2. The predicted molar refractivity (Wildman–Crippen MR) is 49.1 cm³/mol. The van der Waals surface area contributed by atoms with Crippen molar-refractivity contribution in [2.75, 3.05) is 20.1 Å². The van der Waals surface area contributed by atoms with Crippen LogP contribution in [0.3, 0.4) is 0 Å². The van der Waals surface area contributed by atoms with Gasteiger partial charge in [0, 0.05) is 12.6 Å². The van der Waals surface area contributed by atoms with Crippen LogP contribution in [0, 0.1) is 0 Å². The van der Waals surface area contributed by atoms with Crippen molar-refractivity contribution in [3.8, 4) is 0 Å². The molecule has 0 spiro atoms. The van der Waals surface area contributed by atoms with Gasteiger partial charge in [0.15, 0.2) is 0 Å². The van der Waals surface area contributed by atoms with Gasteiger partial charge in [0.2, 0.25) is 11.8 Å². The molecule has 0 N–H and O–H groups in total. The van der Waals surface area contributed by atoms with Crippen molar-refractivity contribution in [3.05, 3.63) is 0 Å². The average molecular weight is 184 g/mol. The van der Waals surface area contributed by atoms with Gasteiger partial charge in [0.1, 0.15) is 6.54 Å². The van der Waals surface area contributed by atoms with E-state index in [9.17, 15) is 9.59 Å². The lowest BCUT2D eigenvalue weighted by atomic mass is 10.0. The van der Waals surface area contributed by atoms with Crippen LogP contribution in [0.2, 0.25) is 0 Å². The topological polar surface area (TPSA) is 40.6 Å². The molecule has 0 bridgehead atoms. The lowest BCUT2D eigenvalue weighted by Crippen LogP contribution is -2.58. The fourth-order valence-electron chi connectivity index (χ4n) is 1.33. The van der Waals surface area contributed by atoms with Crippen molar-refractivity contribution in [2.45, 2.75) is 26.3 Å². The Kier molecular flexibility index (Phi) is 2.32. The second-order valence-corrected chi connectivity index (χ2v) is 4.40. The van der Waals surface area contributed by atoms with Crippen LogP contribution in [0.4, 0.5) is 0 Å². The van der Waals surface area contributed by atoms with Crippen molar-refractivity contribution in [1.29, 1.82) is 0 Å². The van der Waals surface area contributed by atoms with E-state index in [4.69, 9.17) is 0 Å². The summed E-state index contributed by atoms with van der Waals surface area (Å²) in [4.78, 5) is 25.9. The molecule has 0 aliphatic carbocycles. The van der Waals surface area contributed by atoms with Gasteiger partial charge in [-0.25, -0.2) is 0 Å². The largest absolute Gasteiger partial charge is 0.335 e. The van der Waals surface area contributed by atoms with Crippen molar-refractivity contribution in [3.63, 3.8) is 0 Å². The van der Waals surface area contributed by atoms with Crippen molar-refractivity contribution >= 4 is 11.8 Å². The van der Waals surface area contributed by atoms with E-state index in [-0.39, 0.29) is 30.4 Å². The quantitative estimate of drug-likeness (QED) is 0.535. The minimum atomic E-state index is -0.256. The summed E-state index contributed by atoms with van der Waals surface area (Å²) in [5.41, 5.74) is -0.256. The normalized spacial score (nSPS) is 19.7. The average Bonchev–Trinajstić information content (AvgIpc) is 1.94. The number of likely N-dealkylation sites (N-methyl/N-ethyl adjacent to an activating group) is 1. The minimum absolute atomic E-state index is 0.00882. The molecule has 1 heterocycles.